The summed E-state index contributed by atoms with van der Waals surface area (Å²) in [5.41, 5.74) is -1.06. The van der Waals surface area contributed by atoms with Gasteiger partial charge in [0.1, 0.15) is 0 Å². The molecule has 0 aromatic rings. The van der Waals surface area contributed by atoms with Crippen molar-refractivity contribution in [2.24, 2.45) is 10.3 Å². The van der Waals surface area contributed by atoms with Gasteiger partial charge in [0, 0.05) is 12.8 Å². The van der Waals surface area contributed by atoms with Gasteiger partial charge in [-0.2, -0.15) is 0 Å². The fraction of sp³-hybridized carbons (Fsp3) is 0.800. The molecule has 12 heteroatoms. The van der Waals surface area contributed by atoms with Gasteiger partial charge in [-0.05, 0) is 12.8 Å². The van der Waals surface area contributed by atoms with Gasteiger partial charge in [-0.25, -0.2) is 0 Å². The maximum atomic E-state index is 10.8. The zero-order valence-electron chi connectivity index (χ0n) is 11.9. The Hall–Kier alpha value is -0.760. The van der Waals surface area contributed by atoms with E-state index in [0.717, 1.165) is 12.8 Å². The van der Waals surface area contributed by atoms with E-state index >= 15 is 0 Å². The van der Waals surface area contributed by atoms with Gasteiger partial charge in [-0.15, -0.1) is 0 Å². The lowest BCUT2D eigenvalue weighted by Gasteiger charge is -2.07. The summed E-state index contributed by atoms with van der Waals surface area (Å²) in [5, 5.41) is 22.2. The number of rotatable bonds is 11. The predicted molar refractivity (Wildman–Crippen MR) is 79.5 cm³/mol. The minimum atomic E-state index is -4.48. The molecule has 22 heavy (non-hydrogen) atoms. The Labute approximate surface area is 127 Å². The van der Waals surface area contributed by atoms with Gasteiger partial charge in [0.05, 0.1) is 0 Å². The monoisotopic (exact) mass is 360 g/mol. The quantitative estimate of drug-likeness (QED) is 0.106. The molecule has 0 saturated heterocycles. The van der Waals surface area contributed by atoms with Crippen LogP contribution in [0.25, 0.3) is 0 Å². The normalized spacial score (nSPS) is 14.4. The third-order valence-electron chi connectivity index (χ3n) is 2.95. The van der Waals surface area contributed by atoms with Gasteiger partial charge in [-0.3, -0.25) is 9.13 Å². The molecule has 0 atom stereocenters. The molecular weight excluding hydrogens is 338 g/mol. The molecule has 0 saturated carbocycles. The third kappa shape index (κ3) is 9.30. The van der Waals surface area contributed by atoms with Crippen LogP contribution in [0.2, 0.25) is 0 Å². The lowest BCUT2D eigenvalue weighted by molar-refractivity contribution is 0.314. The second-order valence-corrected chi connectivity index (χ2v) is 7.95. The Morgan fingerprint density at radius 3 is 1.14 bits per heavy atom. The highest BCUT2D eigenvalue weighted by Crippen LogP contribution is 2.39. The Morgan fingerprint density at radius 1 is 0.636 bits per heavy atom. The van der Waals surface area contributed by atoms with E-state index in [0.29, 0.717) is 25.7 Å². The van der Waals surface area contributed by atoms with E-state index < -0.39 is 26.1 Å². The second kappa shape index (κ2) is 10.1. The summed E-state index contributed by atoms with van der Waals surface area (Å²) in [6.45, 7) is 0. The smallest absolute Gasteiger partial charge is 0.373 e. The summed E-state index contributed by atoms with van der Waals surface area (Å²) in [6, 6.07) is 0. The van der Waals surface area contributed by atoms with Crippen molar-refractivity contribution in [1.82, 2.24) is 0 Å². The highest BCUT2D eigenvalue weighted by molar-refractivity contribution is 7.70. The van der Waals surface area contributed by atoms with Crippen molar-refractivity contribution < 1.29 is 39.1 Å². The molecular formula is C10H22N2O8P2. The minimum absolute atomic E-state index is 0.0142. The number of hydrogen-bond acceptors (Lipinski definition) is 6. The van der Waals surface area contributed by atoms with E-state index in [1.54, 1.807) is 0 Å². The topological polar surface area (TPSA) is 180 Å². The van der Waals surface area contributed by atoms with Crippen LogP contribution in [0.3, 0.4) is 0 Å². The molecule has 0 spiro atoms. The molecule has 0 aliphatic carbocycles. The van der Waals surface area contributed by atoms with Crippen molar-refractivity contribution in [3.63, 3.8) is 0 Å². The van der Waals surface area contributed by atoms with Crippen molar-refractivity contribution in [1.29, 1.82) is 0 Å². The maximum Gasteiger partial charge on any atom is 0.373 e. The van der Waals surface area contributed by atoms with E-state index in [4.69, 9.17) is 30.0 Å². The summed E-state index contributed by atoms with van der Waals surface area (Å²) >= 11 is 0. The summed E-state index contributed by atoms with van der Waals surface area (Å²) in [6.07, 6.45) is 3.85. The molecule has 0 radical (unpaired) electrons. The van der Waals surface area contributed by atoms with Crippen LogP contribution in [0.4, 0.5) is 0 Å². The van der Waals surface area contributed by atoms with Gasteiger partial charge in [0.2, 0.25) is 0 Å². The molecule has 130 valence electrons. The number of oxime groups is 2. The first kappa shape index (κ1) is 21.2. The molecule has 6 N–H and O–H groups in total. The maximum absolute atomic E-state index is 10.8. The van der Waals surface area contributed by atoms with Crippen LogP contribution in [0.15, 0.2) is 10.3 Å². The molecule has 0 aliphatic rings. The van der Waals surface area contributed by atoms with E-state index in [-0.39, 0.29) is 12.8 Å². The first-order valence-electron chi connectivity index (χ1n) is 6.67. The van der Waals surface area contributed by atoms with Crippen molar-refractivity contribution in [2.45, 2.75) is 51.4 Å². The predicted octanol–water partition coefficient (Wildman–Crippen LogP) is 2.04. The van der Waals surface area contributed by atoms with Crippen LogP contribution in [0.1, 0.15) is 51.4 Å². The Bertz CT molecular complexity index is 437. The summed E-state index contributed by atoms with van der Waals surface area (Å²) in [4.78, 5) is 35.3. The van der Waals surface area contributed by atoms with Crippen molar-refractivity contribution >= 4 is 26.1 Å². The number of nitrogens with zero attached hydrogens (tertiary/aromatic N) is 2. The van der Waals surface area contributed by atoms with Crippen LogP contribution in [-0.2, 0) is 9.13 Å². The first-order chi connectivity index (χ1) is 10.1. The third-order valence-corrected chi connectivity index (χ3v) is 4.93. The van der Waals surface area contributed by atoms with Crippen molar-refractivity contribution in [3.8, 4) is 0 Å². The van der Waals surface area contributed by atoms with Crippen LogP contribution in [0.5, 0.6) is 0 Å². The molecule has 0 aromatic heterocycles. The average molecular weight is 360 g/mol. The lowest BCUT2D eigenvalue weighted by atomic mass is 10.1. The fourth-order valence-electron chi connectivity index (χ4n) is 1.78. The SMILES string of the molecule is O=P(O)(O)C(CCCCCCCCC(=NO)P(=O)(O)O)=NO. The molecule has 0 bridgehead atoms. The van der Waals surface area contributed by atoms with E-state index in [1.165, 1.54) is 0 Å². The zero-order valence-corrected chi connectivity index (χ0v) is 13.7. The van der Waals surface area contributed by atoms with Gasteiger partial charge in [0.25, 0.3) is 0 Å². The van der Waals surface area contributed by atoms with Crippen LogP contribution >= 0.6 is 15.2 Å². The highest BCUT2D eigenvalue weighted by Gasteiger charge is 2.23. The molecule has 0 aromatic carbocycles. The van der Waals surface area contributed by atoms with Gasteiger partial charge in [-0.1, -0.05) is 36.0 Å². The van der Waals surface area contributed by atoms with Gasteiger partial charge >= 0.3 is 15.2 Å². The fourth-order valence-corrected chi connectivity index (χ4v) is 2.91. The average Bonchev–Trinajstić information content (AvgIpc) is 2.38. The largest absolute Gasteiger partial charge is 0.410 e. The molecule has 0 aliphatic heterocycles. The standard InChI is InChI=1S/C10H22N2O8P2/c13-11-9(21(15,16)17)7-5-3-1-2-4-6-8-10(12-14)22(18,19)20/h13-14H,1-8H2,(H2,15,16,17)(H2,18,19,20). The molecule has 10 nitrogen and oxygen atoms in total. The zero-order chi connectivity index (χ0) is 17.2. The molecule has 0 heterocycles. The summed E-state index contributed by atoms with van der Waals surface area (Å²) < 4.78 is 21.7. The first-order valence-corrected chi connectivity index (χ1v) is 9.89. The number of unbranched alkanes of at least 4 members (excludes halogenated alkanes) is 5. The lowest BCUT2D eigenvalue weighted by Crippen LogP contribution is -2.00. The number of hydrogen-bond donors (Lipinski definition) is 6. The molecule has 0 unspecified atom stereocenters. The summed E-state index contributed by atoms with van der Waals surface area (Å²) in [7, 11) is -8.97. The van der Waals surface area contributed by atoms with Crippen molar-refractivity contribution in [3.05, 3.63) is 0 Å². The van der Waals surface area contributed by atoms with Crippen LogP contribution in [-0.4, -0.2) is 40.9 Å². The molecule has 0 rings (SSSR count). The van der Waals surface area contributed by atoms with Crippen LogP contribution in [0, 0.1) is 0 Å². The van der Waals surface area contributed by atoms with Crippen molar-refractivity contribution in [2.75, 3.05) is 0 Å². The van der Waals surface area contributed by atoms with Gasteiger partial charge in [0.15, 0.2) is 10.9 Å². The van der Waals surface area contributed by atoms with E-state index in [1.807, 2.05) is 0 Å². The van der Waals surface area contributed by atoms with Crippen LogP contribution < -0.4 is 0 Å². The Kier molecular flexibility index (Phi) is 9.75. The molecule has 0 fully saturated rings. The Morgan fingerprint density at radius 2 is 0.909 bits per heavy atom. The van der Waals surface area contributed by atoms with E-state index in [2.05, 4.69) is 10.3 Å². The van der Waals surface area contributed by atoms with Gasteiger partial charge < -0.3 is 30.0 Å². The van der Waals surface area contributed by atoms with E-state index in [9.17, 15) is 9.13 Å². The minimum Gasteiger partial charge on any atom is -0.410 e. The highest BCUT2D eigenvalue weighted by atomic mass is 31.2. The Balaban J connectivity index is 3.76. The second-order valence-electron chi connectivity index (χ2n) is 4.74. The summed E-state index contributed by atoms with van der Waals surface area (Å²) in [5.74, 6) is 0. The molecule has 0 amide bonds.